The molecule has 0 aliphatic rings. The van der Waals surface area contributed by atoms with Crippen LogP contribution in [0.3, 0.4) is 0 Å². The smallest absolute Gasteiger partial charge is 0.129 e. The number of aliphatic hydroxyl groups is 1. The van der Waals surface area contributed by atoms with Crippen molar-refractivity contribution in [3.63, 3.8) is 0 Å². The number of nitrogens with one attached hydrogen (secondary N) is 1. The van der Waals surface area contributed by atoms with E-state index in [-0.39, 0.29) is 0 Å². The van der Waals surface area contributed by atoms with E-state index in [1.807, 2.05) is 13.0 Å². The van der Waals surface area contributed by atoms with Crippen LogP contribution in [-0.2, 0) is 6.42 Å². The Morgan fingerprint density at radius 3 is 2.71 bits per heavy atom. The summed E-state index contributed by atoms with van der Waals surface area (Å²) in [6.45, 7) is 6.56. The average molecular weight is 237 g/mol. The van der Waals surface area contributed by atoms with Gasteiger partial charge in [0.1, 0.15) is 12.1 Å². The molecule has 0 aromatic carbocycles. The van der Waals surface area contributed by atoms with Gasteiger partial charge in [-0.3, -0.25) is 0 Å². The zero-order valence-corrected chi connectivity index (χ0v) is 11.0. The summed E-state index contributed by atoms with van der Waals surface area (Å²) in [5.41, 5.74) is 0.366. The molecule has 4 nitrogen and oxygen atoms in total. The molecule has 0 aliphatic carbocycles. The summed E-state index contributed by atoms with van der Waals surface area (Å²) in [7, 11) is 0. The van der Waals surface area contributed by atoms with Crippen LogP contribution < -0.4 is 5.32 Å². The van der Waals surface area contributed by atoms with Crippen molar-refractivity contribution in [2.75, 3.05) is 11.9 Å². The molecule has 1 atom stereocenters. The van der Waals surface area contributed by atoms with Crippen LogP contribution in [0.4, 0.5) is 5.82 Å². The Bertz CT molecular complexity index is 339. The van der Waals surface area contributed by atoms with Crippen LogP contribution in [-0.4, -0.2) is 27.2 Å². The third-order valence-corrected chi connectivity index (χ3v) is 2.67. The fourth-order valence-corrected chi connectivity index (χ4v) is 1.80. The van der Waals surface area contributed by atoms with Crippen LogP contribution in [0.25, 0.3) is 0 Å². The van der Waals surface area contributed by atoms with Gasteiger partial charge in [0.2, 0.25) is 0 Å². The number of rotatable bonds is 7. The summed E-state index contributed by atoms with van der Waals surface area (Å²) >= 11 is 0. The molecule has 4 heteroatoms. The predicted octanol–water partition coefficient (Wildman–Crippen LogP) is 2.39. The van der Waals surface area contributed by atoms with E-state index in [4.69, 9.17) is 0 Å². The molecule has 0 radical (unpaired) electrons. The molecule has 1 unspecified atom stereocenters. The molecule has 0 aliphatic heterocycles. The molecule has 1 rings (SSSR count). The lowest BCUT2D eigenvalue weighted by Gasteiger charge is -2.23. The van der Waals surface area contributed by atoms with E-state index in [2.05, 4.69) is 29.1 Å². The van der Waals surface area contributed by atoms with Gasteiger partial charge in [-0.25, -0.2) is 9.97 Å². The number of nitrogens with zero attached hydrogens (tertiary/aromatic N) is 2. The van der Waals surface area contributed by atoms with Crippen LogP contribution in [0.1, 0.15) is 45.7 Å². The highest BCUT2D eigenvalue weighted by Gasteiger charge is 2.18. The van der Waals surface area contributed by atoms with Crippen LogP contribution in [0.15, 0.2) is 12.4 Å². The van der Waals surface area contributed by atoms with E-state index >= 15 is 0 Å². The van der Waals surface area contributed by atoms with Crippen molar-refractivity contribution in [3.8, 4) is 0 Å². The summed E-state index contributed by atoms with van der Waals surface area (Å²) in [6, 6.07) is 1.95. The fraction of sp³-hybridized carbons (Fsp3) is 0.692. The summed E-state index contributed by atoms with van der Waals surface area (Å²) in [5, 5.41) is 13.2. The summed E-state index contributed by atoms with van der Waals surface area (Å²) in [6.07, 6.45) is 5.36. The van der Waals surface area contributed by atoms with Gasteiger partial charge in [-0.15, -0.1) is 0 Å². The molecular weight excluding hydrogens is 214 g/mol. The Kier molecular flexibility index (Phi) is 5.35. The lowest BCUT2D eigenvalue weighted by molar-refractivity contribution is 0.0636. The van der Waals surface area contributed by atoms with E-state index in [0.717, 1.165) is 37.2 Å². The normalized spacial score (nSPS) is 14.4. The summed E-state index contributed by atoms with van der Waals surface area (Å²) in [5.74, 6) is 0.792. The Balaban J connectivity index is 2.53. The Labute approximate surface area is 103 Å². The fourth-order valence-electron chi connectivity index (χ4n) is 1.80. The van der Waals surface area contributed by atoms with Gasteiger partial charge in [-0.05, 0) is 19.8 Å². The van der Waals surface area contributed by atoms with Gasteiger partial charge in [0.25, 0.3) is 0 Å². The van der Waals surface area contributed by atoms with E-state index in [9.17, 15) is 5.11 Å². The molecule has 0 bridgehead atoms. The standard InChI is InChI=1S/C13H23N3O/c1-4-6-11-8-12(16-10-15-11)14-9-13(3,17)7-5-2/h8,10,17H,4-7,9H2,1-3H3,(H,14,15,16). The zero-order chi connectivity index (χ0) is 12.7. The Morgan fingerprint density at radius 2 is 2.06 bits per heavy atom. The highest BCUT2D eigenvalue weighted by atomic mass is 16.3. The van der Waals surface area contributed by atoms with Crippen molar-refractivity contribution in [1.29, 1.82) is 0 Å². The maximum absolute atomic E-state index is 10.0. The third kappa shape index (κ3) is 5.13. The van der Waals surface area contributed by atoms with E-state index in [1.54, 1.807) is 6.33 Å². The highest BCUT2D eigenvalue weighted by Crippen LogP contribution is 2.13. The lowest BCUT2D eigenvalue weighted by atomic mass is 10.0. The first-order valence-electron chi connectivity index (χ1n) is 6.34. The number of aryl methyl sites for hydroxylation is 1. The van der Waals surface area contributed by atoms with Crippen LogP contribution in [0.5, 0.6) is 0 Å². The maximum Gasteiger partial charge on any atom is 0.129 e. The van der Waals surface area contributed by atoms with Crippen molar-refractivity contribution in [3.05, 3.63) is 18.1 Å². The van der Waals surface area contributed by atoms with E-state index in [0.29, 0.717) is 6.54 Å². The SMILES string of the molecule is CCCc1cc(NCC(C)(O)CCC)ncn1. The Hall–Kier alpha value is -1.16. The molecule has 1 aromatic rings. The molecule has 96 valence electrons. The van der Waals surface area contributed by atoms with Crippen LogP contribution in [0.2, 0.25) is 0 Å². The van der Waals surface area contributed by atoms with Gasteiger partial charge in [-0.2, -0.15) is 0 Å². The molecule has 2 N–H and O–H groups in total. The molecule has 17 heavy (non-hydrogen) atoms. The second-order valence-corrected chi connectivity index (χ2v) is 4.75. The van der Waals surface area contributed by atoms with Crippen LogP contribution in [0, 0.1) is 0 Å². The molecule has 0 saturated carbocycles. The van der Waals surface area contributed by atoms with Crippen molar-refractivity contribution in [2.45, 2.75) is 52.1 Å². The molecule has 1 aromatic heterocycles. The minimum atomic E-state index is -0.676. The first-order chi connectivity index (χ1) is 8.07. The number of hydrogen-bond donors (Lipinski definition) is 2. The first-order valence-corrected chi connectivity index (χ1v) is 6.34. The maximum atomic E-state index is 10.0. The zero-order valence-electron chi connectivity index (χ0n) is 11.0. The average Bonchev–Trinajstić information content (AvgIpc) is 2.28. The monoisotopic (exact) mass is 237 g/mol. The van der Waals surface area contributed by atoms with E-state index in [1.165, 1.54) is 0 Å². The van der Waals surface area contributed by atoms with E-state index < -0.39 is 5.60 Å². The molecular formula is C13H23N3O. The minimum Gasteiger partial charge on any atom is -0.388 e. The number of anilines is 1. The van der Waals surface area contributed by atoms with Gasteiger partial charge in [-0.1, -0.05) is 26.7 Å². The van der Waals surface area contributed by atoms with Gasteiger partial charge in [0.15, 0.2) is 0 Å². The van der Waals surface area contributed by atoms with Gasteiger partial charge in [0, 0.05) is 18.3 Å². The third-order valence-electron chi connectivity index (χ3n) is 2.67. The number of aromatic nitrogens is 2. The molecule has 0 fully saturated rings. The van der Waals surface area contributed by atoms with Crippen molar-refractivity contribution < 1.29 is 5.11 Å². The first kappa shape index (κ1) is 13.9. The largest absolute Gasteiger partial charge is 0.388 e. The van der Waals surface area contributed by atoms with Crippen molar-refractivity contribution in [1.82, 2.24) is 9.97 Å². The topological polar surface area (TPSA) is 58.0 Å². The van der Waals surface area contributed by atoms with Gasteiger partial charge >= 0.3 is 0 Å². The second kappa shape index (κ2) is 6.55. The van der Waals surface area contributed by atoms with Gasteiger partial charge < -0.3 is 10.4 Å². The minimum absolute atomic E-state index is 0.517. The molecule has 1 heterocycles. The summed E-state index contributed by atoms with van der Waals surface area (Å²) in [4.78, 5) is 8.35. The second-order valence-electron chi connectivity index (χ2n) is 4.75. The molecule has 0 spiro atoms. The van der Waals surface area contributed by atoms with Crippen molar-refractivity contribution >= 4 is 5.82 Å². The molecule has 0 amide bonds. The quantitative estimate of drug-likeness (QED) is 0.764. The van der Waals surface area contributed by atoms with Crippen molar-refractivity contribution in [2.24, 2.45) is 0 Å². The number of hydrogen-bond acceptors (Lipinski definition) is 4. The van der Waals surface area contributed by atoms with Gasteiger partial charge in [0.05, 0.1) is 5.60 Å². The summed E-state index contributed by atoms with van der Waals surface area (Å²) < 4.78 is 0. The Morgan fingerprint density at radius 1 is 1.29 bits per heavy atom. The van der Waals surface area contributed by atoms with Crippen LogP contribution >= 0.6 is 0 Å². The lowest BCUT2D eigenvalue weighted by Crippen LogP contribution is -2.33. The molecule has 0 saturated heterocycles. The predicted molar refractivity (Wildman–Crippen MR) is 70.0 cm³/mol. The highest BCUT2D eigenvalue weighted by molar-refractivity contribution is 5.35.